The Bertz CT molecular complexity index is 1600. The third kappa shape index (κ3) is 4.52. The fourth-order valence-corrected chi connectivity index (χ4v) is 4.33. The van der Waals surface area contributed by atoms with Gasteiger partial charge in [-0.2, -0.15) is 0 Å². The molecule has 0 atom stereocenters. The molecule has 0 aliphatic carbocycles. The lowest BCUT2D eigenvalue weighted by Gasteiger charge is -2.07. The number of benzene rings is 3. The quantitative estimate of drug-likeness (QED) is 0.277. The lowest BCUT2D eigenvalue weighted by atomic mass is 10.1. The number of ether oxygens (including phenoxy) is 4. The highest BCUT2D eigenvalue weighted by Gasteiger charge is 2.19. The monoisotopic (exact) mass is 516 g/mol. The summed E-state index contributed by atoms with van der Waals surface area (Å²) in [6, 6.07) is 16.5. The molecule has 0 saturated carbocycles. The Hall–Kier alpha value is -4.86. The third-order valence-corrected chi connectivity index (χ3v) is 6.35. The van der Waals surface area contributed by atoms with Crippen LogP contribution in [0.2, 0.25) is 0 Å². The van der Waals surface area contributed by atoms with Gasteiger partial charge in [0.1, 0.15) is 36.2 Å². The van der Waals surface area contributed by atoms with E-state index >= 15 is 0 Å². The zero-order valence-electron chi connectivity index (χ0n) is 20.8. The normalized spacial score (nSPS) is 11.2. The van der Waals surface area contributed by atoms with Crippen LogP contribution >= 0.6 is 0 Å². The number of rotatable bonds is 10. The molecule has 194 valence electrons. The van der Waals surface area contributed by atoms with E-state index in [1.807, 2.05) is 0 Å². The minimum absolute atomic E-state index is 0.0137. The van der Waals surface area contributed by atoms with Gasteiger partial charge < -0.3 is 18.9 Å². The second kappa shape index (κ2) is 10.3. The first-order valence-electron chi connectivity index (χ1n) is 11.9. The summed E-state index contributed by atoms with van der Waals surface area (Å²) in [7, 11) is 3.12. The Morgan fingerprint density at radius 1 is 0.500 bits per heavy atom. The summed E-state index contributed by atoms with van der Waals surface area (Å²) in [6.07, 6.45) is 0. The zero-order chi connectivity index (χ0) is 26.8. The molecule has 0 N–H and O–H groups in total. The van der Waals surface area contributed by atoms with Crippen molar-refractivity contribution >= 4 is 21.5 Å². The van der Waals surface area contributed by atoms with Crippen molar-refractivity contribution in [1.82, 2.24) is 9.13 Å². The van der Waals surface area contributed by atoms with E-state index in [1.165, 1.54) is 12.1 Å². The molecule has 0 aliphatic rings. The first-order chi connectivity index (χ1) is 18.4. The second-order valence-corrected chi connectivity index (χ2v) is 8.52. The first kappa shape index (κ1) is 24.8. The number of nitrogens with zero attached hydrogens (tertiary/aromatic N) is 2. The maximum absolute atomic E-state index is 13.0. The molecule has 2 aromatic heterocycles. The van der Waals surface area contributed by atoms with Gasteiger partial charge in [0.25, 0.3) is 22.2 Å². The van der Waals surface area contributed by atoms with Crippen LogP contribution in [0.4, 0.5) is 0 Å². The molecule has 0 radical (unpaired) electrons. The third-order valence-electron chi connectivity index (χ3n) is 6.35. The van der Waals surface area contributed by atoms with Gasteiger partial charge in [0.05, 0.1) is 48.9 Å². The molecule has 0 aliphatic heterocycles. The summed E-state index contributed by atoms with van der Waals surface area (Å²) < 4.78 is 23.6. The Labute approximate surface area is 215 Å². The molecular formula is C28H24N2O8. The number of aromatic nitrogens is 2. The maximum Gasteiger partial charge on any atom is 0.261 e. The maximum atomic E-state index is 13.0. The standard InChI is InChI=1S/C28H24N2O8/c1-35-17-3-7-19(8-4-17)37-13-11-29-25(31)21-15-23-24(16-22(21)26(29)32)28(34)30(27(23)33)12-14-38-20-9-5-18(36-2)6-10-20/h3-10,15-16H,11-14H2,1-2H3. The molecule has 10 heteroatoms. The van der Waals surface area contributed by atoms with Crippen molar-refractivity contribution < 1.29 is 18.9 Å². The van der Waals surface area contributed by atoms with Gasteiger partial charge in [-0.25, -0.2) is 0 Å². The van der Waals surface area contributed by atoms with Crippen molar-refractivity contribution in [3.05, 3.63) is 102 Å². The van der Waals surface area contributed by atoms with Gasteiger partial charge in [-0.15, -0.1) is 0 Å². The molecule has 0 saturated heterocycles. The van der Waals surface area contributed by atoms with Gasteiger partial charge in [-0.3, -0.25) is 28.3 Å². The smallest absolute Gasteiger partial charge is 0.261 e. The van der Waals surface area contributed by atoms with Crippen molar-refractivity contribution in [3.8, 4) is 23.0 Å². The largest absolute Gasteiger partial charge is 0.497 e. The van der Waals surface area contributed by atoms with Gasteiger partial charge in [0.2, 0.25) is 0 Å². The van der Waals surface area contributed by atoms with Crippen LogP contribution in [0.1, 0.15) is 0 Å². The number of hydrogen-bond acceptors (Lipinski definition) is 8. The molecule has 10 nitrogen and oxygen atoms in total. The summed E-state index contributed by atoms with van der Waals surface area (Å²) in [6.45, 7) is 0.189. The van der Waals surface area contributed by atoms with E-state index in [2.05, 4.69) is 0 Å². The predicted octanol–water partition coefficient (Wildman–Crippen LogP) is 2.09. The highest BCUT2D eigenvalue weighted by molar-refractivity contribution is 5.97. The number of hydrogen-bond donors (Lipinski definition) is 0. The molecule has 0 fully saturated rings. The number of methoxy groups -OCH3 is 2. The first-order valence-corrected chi connectivity index (χ1v) is 11.9. The minimum Gasteiger partial charge on any atom is -0.497 e. The van der Waals surface area contributed by atoms with Crippen LogP contribution in [0.5, 0.6) is 23.0 Å². The van der Waals surface area contributed by atoms with Crippen LogP contribution in [0, 0.1) is 0 Å². The summed E-state index contributed by atoms with van der Waals surface area (Å²) in [5.41, 5.74) is -2.14. The molecule has 0 unspecified atom stereocenters. The molecule has 0 amide bonds. The van der Waals surface area contributed by atoms with E-state index in [0.29, 0.717) is 23.0 Å². The Balaban J connectivity index is 1.35. The summed E-state index contributed by atoms with van der Waals surface area (Å²) in [5, 5.41) is 0.373. The van der Waals surface area contributed by atoms with Crippen LogP contribution in [-0.4, -0.2) is 36.6 Å². The Kier molecular flexibility index (Phi) is 6.69. The van der Waals surface area contributed by atoms with E-state index in [0.717, 1.165) is 9.13 Å². The van der Waals surface area contributed by atoms with E-state index in [9.17, 15) is 19.2 Å². The highest BCUT2D eigenvalue weighted by atomic mass is 16.5. The molecular weight excluding hydrogens is 492 g/mol. The van der Waals surface area contributed by atoms with E-state index in [4.69, 9.17) is 18.9 Å². The summed E-state index contributed by atoms with van der Waals surface area (Å²) in [5.74, 6) is 2.48. The van der Waals surface area contributed by atoms with E-state index in [-0.39, 0.29) is 47.8 Å². The van der Waals surface area contributed by atoms with Crippen molar-refractivity contribution in [1.29, 1.82) is 0 Å². The zero-order valence-corrected chi connectivity index (χ0v) is 20.8. The van der Waals surface area contributed by atoms with Gasteiger partial charge in [-0.05, 0) is 60.7 Å². The minimum atomic E-state index is -0.535. The van der Waals surface area contributed by atoms with Crippen LogP contribution in [0.3, 0.4) is 0 Å². The second-order valence-electron chi connectivity index (χ2n) is 8.52. The molecule has 5 rings (SSSR count). The van der Waals surface area contributed by atoms with Crippen LogP contribution in [0.25, 0.3) is 21.5 Å². The molecule has 2 heterocycles. The van der Waals surface area contributed by atoms with Gasteiger partial charge in [0, 0.05) is 0 Å². The van der Waals surface area contributed by atoms with Gasteiger partial charge in [-0.1, -0.05) is 0 Å². The van der Waals surface area contributed by atoms with E-state index in [1.54, 1.807) is 62.8 Å². The van der Waals surface area contributed by atoms with Crippen LogP contribution < -0.4 is 41.2 Å². The average molecular weight is 517 g/mol. The van der Waals surface area contributed by atoms with E-state index < -0.39 is 22.2 Å². The van der Waals surface area contributed by atoms with Crippen LogP contribution in [-0.2, 0) is 13.1 Å². The van der Waals surface area contributed by atoms with Crippen molar-refractivity contribution in [2.45, 2.75) is 13.1 Å². The molecule has 0 spiro atoms. The average Bonchev–Trinajstić information content (AvgIpc) is 3.32. The SMILES string of the molecule is COc1ccc(OCCn2c(=O)c3cc4c(=O)n(CCOc5ccc(OC)cc5)c(=O)c4cc3c2=O)cc1. The van der Waals surface area contributed by atoms with Crippen molar-refractivity contribution in [2.24, 2.45) is 0 Å². The number of fused-ring (bicyclic) bond motifs is 2. The molecule has 0 bridgehead atoms. The fraction of sp³-hybridized carbons (Fsp3) is 0.214. The Morgan fingerprint density at radius 3 is 1.08 bits per heavy atom. The van der Waals surface area contributed by atoms with Crippen molar-refractivity contribution in [2.75, 3.05) is 27.4 Å². The lowest BCUT2D eigenvalue weighted by Crippen LogP contribution is -2.28. The topological polar surface area (TPSA) is 115 Å². The van der Waals surface area contributed by atoms with Crippen LogP contribution in [0.15, 0.2) is 79.8 Å². The fourth-order valence-electron chi connectivity index (χ4n) is 4.33. The molecule has 38 heavy (non-hydrogen) atoms. The Morgan fingerprint density at radius 2 is 0.789 bits per heavy atom. The van der Waals surface area contributed by atoms with Gasteiger partial charge in [0.15, 0.2) is 0 Å². The lowest BCUT2D eigenvalue weighted by molar-refractivity contribution is 0.295. The van der Waals surface area contributed by atoms with Gasteiger partial charge >= 0.3 is 0 Å². The van der Waals surface area contributed by atoms with Crippen molar-refractivity contribution in [3.63, 3.8) is 0 Å². The highest BCUT2D eigenvalue weighted by Crippen LogP contribution is 2.18. The molecule has 3 aromatic carbocycles. The summed E-state index contributed by atoms with van der Waals surface area (Å²) in [4.78, 5) is 51.9. The molecule has 5 aromatic rings. The summed E-state index contributed by atoms with van der Waals surface area (Å²) >= 11 is 0. The predicted molar refractivity (Wildman–Crippen MR) is 142 cm³/mol.